The molecule has 2 heterocycles. The highest BCUT2D eigenvalue weighted by Crippen LogP contribution is 2.28. The fraction of sp³-hybridized carbons (Fsp3) is 0.455. The van der Waals surface area contributed by atoms with E-state index in [9.17, 15) is 14.7 Å². The predicted octanol–water partition coefficient (Wildman–Crippen LogP) is 0.715. The summed E-state index contributed by atoms with van der Waals surface area (Å²) in [4.78, 5) is 23.3. The van der Waals surface area contributed by atoms with Gasteiger partial charge in [0.05, 0.1) is 0 Å². The Hall–Kier alpha value is -1.43. The third-order valence-corrected chi connectivity index (χ3v) is 4.15. The van der Waals surface area contributed by atoms with E-state index in [0.717, 1.165) is 5.75 Å². The highest BCUT2D eigenvalue weighted by molar-refractivity contribution is 7.99. The van der Waals surface area contributed by atoms with Crippen molar-refractivity contribution in [3.63, 3.8) is 0 Å². The minimum atomic E-state index is -1.11. The Bertz CT molecular complexity index is 449. The number of rotatable bonds is 3. The van der Waals surface area contributed by atoms with Gasteiger partial charge in [-0.3, -0.25) is 4.79 Å². The molecule has 92 valence electrons. The molecular formula is C11H14N2O3S. The molecule has 0 bridgehead atoms. The maximum Gasteiger partial charge on any atom is 0.330 e. The summed E-state index contributed by atoms with van der Waals surface area (Å²) >= 11 is 1.55. The summed E-state index contributed by atoms with van der Waals surface area (Å²) in [6.07, 6.45) is 2.23. The lowest BCUT2D eigenvalue weighted by Crippen LogP contribution is -2.55. The lowest BCUT2D eigenvalue weighted by molar-refractivity contribution is -0.143. The molecule has 1 saturated heterocycles. The van der Waals surface area contributed by atoms with Crippen LogP contribution < -0.4 is 5.32 Å². The molecule has 1 aliphatic rings. The van der Waals surface area contributed by atoms with Gasteiger partial charge in [0.15, 0.2) is 0 Å². The number of carboxylic acid groups (broad SMARTS) is 1. The fourth-order valence-electron chi connectivity index (χ4n) is 1.86. The quantitative estimate of drug-likeness (QED) is 0.833. The van der Waals surface area contributed by atoms with Gasteiger partial charge in [-0.2, -0.15) is 11.8 Å². The van der Waals surface area contributed by atoms with E-state index in [1.807, 2.05) is 0 Å². The Morgan fingerprint density at radius 3 is 2.82 bits per heavy atom. The van der Waals surface area contributed by atoms with Gasteiger partial charge in [0.2, 0.25) is 0 Å². The average Bonchev–Trinajstić information content (AvgIpc) is 2.87. The molecule has 1 aromatic heterocycles. The third-order valence-electron chi connectivity index (χ3n) is 2.96. The largest absolute Gasteiger partial charge is 0.479 e. The molecule has 2 rings (SSSR count). The van der Waals surface area contributed by atoms with E-state index in [1.54, 1.807) is 41.7 Å². The van der Waals surface area contributed by atoms with E-state index in [0.29, 0.717) is 17.9 Å². The summed E-state index contributed by atoms with van der Waals surface area (Å²) in [6, 6.07) is 3.43. The van der Waals surface area contributed by atoms with Crippen LogP contribution in [0, 0.1) is 0 Å². The van der Waals surface area contributed by atoms with E-state index in [2.05, 4.69) is 5.32 Å². The number of carbonyl (C=O) groups excluding carboxylic acids is 1. The second-order valence-electron chi connectivity index (χ2n) is 4.15. The summed E-state index contributed by atoms with van der Waals surface area (Å²) in [5, 5.41) is 11.9. The zero-order valence-electron chi connectivity index (χ0n) is 9.47. The number of amides is 1. The highest BCUT2D eigenvalue weighted by atomic mass is 32.2. The molecule has 1 atom stereocenters. The van der Waals surface area contributed by atoms with Crippen LogP contribution in [0.5, 0.6) is 0 Å². The van der Waals surface area contributed by atoms with Crippen molar-refractivity contribution in [3.05, 3.63) is 24.0 Å². The molecule has 1 fully saturated rings. The summed E-state index contributed by atoms with van der Waals surface area (Å²) in [7, 11) is 1.76. The number of carboxylic acids is 1. The number of thioether (sulfide) groups is 1. The van der Waals surface area contributed by atoms with Gasteiger partial charge in [0.25, 0.3) is 5.91 Å². The zero-order valence-corrected chi connectivity index (χ0v) is 10.3. The van der Waals surface area contributed by atoms with E-state index in [4.69, 9.17) is 0 Å². The van der Waals surface area contributed by atoms with Crippen molar-refractivity contribution >= 4 is 23.6 Å². The minimum absolute atomic E-state index is 0.331. The Morgan fingerprint density at radius 2 is 2.35 bits per heavy atom. The molecule has 0 radical (unpaired) electrons. The smallest absolute Gasteiger partial charge is 0.330 e. The first-order valence-corrected chi connectivity index (χ1v) is 6.46. The van der Waals surface area contributed by atoms with Gasteiger partial charge >= 0.3 is 5.97 Å². The molecule has 1 aromatic rings. The molecule has 0 spiro atoms. The van der Waals surface area contributed by atoms with Crippen molar-refractivity contribution in [2.24, 2.45) is 7.05 Å². The predicted molar refractivity (Wildman–Crippen MR) is 65.2 cm³/mol. The van der Waals surface area contributed by atoms with Gasteiger partial charge in [0, 0.05) is 19.0 Å². The van der Waals surface area contributed by atoms with E-state index in [-0.39, 0.29) is 5.91 Å². The molecule has 1 aliphatic heterocycles. The van der Waals surface area contributed by atoms with Crippen LogP contribution in [0.25, 0.3) is 0 Å². The Kier molecular flexibility index (Phi) is 3.15. The number of carbonyl (C=O) groups is 2. The van der Waals surface area contributed by atoms with Crippen LogP contribution in [0.3, 0.4) is 0 Å². The van der Waals surface area contributed by atoms with Crippen molar-refractivity contribution in [2.45, 2.75) is 12.0 Å². The van der Waals surface area contributed by atoms with E-state index < -0.39 is 11.5 Å². The van der Waals surface area contributed by atoms with Crippen LogP contribution in [0.15, 0.2) is 18.3 Å². The van der Waals surface area contributed by atoms with Crippen LogP contribution in [0.1, 0.15) is 16.9 Å². The Balaban J connectivity index is 2.17. The van der Waals surface area contributed by atoms with Crippen LogP contribution >= 0.6 is 11.8 Å². The average molecular weight is 254 g/mol. The molecule has 0 aliphatic carbocycles. The number of aliphatic carboxylic acids is 1. The molecule has 17 heavy (non-hydrogen) atoms. The molecule has 1 amide bonds. The lowest BCUT2D eigenvalue weighted by atomic mass is 9.99. The van der Waals surface area contributed by atoms with Crippen molar-refractivity contribution < 1.29 is 14.7 Å². The second kappa shape index (κ2) is 4.44. The molecule has 0 aromatic carbocycles. The number of aromatic nitrogens is 1. The molecule has 6 heteroatoms. The van der Waals surface area contributed by atoms with Crippen molar-refractivity contribution in [1.29, 1.82) is 0 Å². The normalized spacial score (nSPS) is 23.6. The molecule has 5 nitrogen and oxygen atoms in total. The summed E-state index contributed by atoms with van der Waals surface area (Å²) in [6.45, 7) is 0. The second-order valence-corrected chi connectivity index (χ2v) is 5.25. The highest BCUT2D eigenvalue weighted by Gasteiger charge is 2.43. The first-order valence-electron chi connectivity index (χ1n) is 5.30. The van der Waals surface area contributed by atoms with Crippen LogP contribution in [0.4, 0.5) is 0 Å². The standard InChI is InChI=1S/C11H14N2O3S/c1-13-5-2-3-8(13)9(14)12-11(10(15)16)4-6-17-7-11/h2-3,5H,4,6-7H2,1H3,(H,12,14)(H,15,16). The monoisotopic (exact) mass is 254 g/mol. The van der Waals surface area contributed by atoms with Crippen LogP contribution in [-0.2, 0) is 11.8 Å². The van der Waals surface area contributed by atoms with Gasteiger partial charge < -0.3 is 15.0 Å². The van der Waals surface area contributed by atoms with Gasteiger partial charge in [-0.05, 0) is 24.3 Å². The number of nitrogens with zero attached hydrogens (tertiary/aromatic N) is 1. The number of aryl methyl sites for hydroxylation is 1. The van der Waals surface area contributed by atoms with Crippen molar-refractivity contribution in [2.75, 3.05) is 11.5 Å². The van der Waals surface area contributed by atoms with Crippen LogP contribution in [-0.4, -0.2) is 38.6 Å². The summed E-state index contributed by atoms with van der Waals surface area (Å²) in [5.74, 6) is -0.0921. The SMILES string of the molecule is Cn1cccc1C(=O)NC1(C(=O)O)CCSC1. The van der Waals surface area contributed by atoms with Gasteiger partial charge in [-0.25, -0.2) is 4.79 Å². The Labute approximate surface area is 103 Å². The first-order chi connectivity index (χ1) is 8.05. The number of hydrogen-bond acceptors (Lipinski definition) is 3. The molecular weight excluding hydrogens is 240 g/mol. The van der Waals surface area contributed by atoms with Gasteiger partial charge in [-0.15, -0.1) is 0 Å². The molecule has 2 N–H and O–H groups in total. The lowest BCUT2D eigenvalue weighted by Gasteiger charge is -2.24. The van der Waals surface area contributed by atoms with Gasteiger partial charge in [0.1, 0.15) is 11.2 Å². The topological polar surface area (TPSA) is 71.3 Å². The van der Waals surface area contributed by atoms with Crippen molar-refractivity contribution in [3.8, 4) is 0 Å². The third kappa shape index (κ3) is 2.17. The number of nitrogens with one attached hydrogen (secondary N) is 1. The minimum Gasteiger partial charge on any atom is -0.479 e. The number of hydrogen-bond donors (Lipinski definition) is 2. The summed E-state index contributed by atoms with van der Waals surface area (Å²) in [5.41, 5.74) is -0.631. The van der Waals surface area contributed by atoms with E-state index in [1.165, 1.54) is 0 Å². The summed E-state index contributed by atoms with van der Waals surface area (Å²) < 4.78 is 1.67. The molecule has 1 unspecified atom stereocenters. The maximum atomic E-state index is 12.0. The van der Waals surface area contributed by atoms with Crippen molar-refractivity contribution in [1.82, 2.24) is 9.88 Å². The van der Waals surface area contributed by atoms with Crippen LogP contribution in [0.2, 0.25) is 0 Å². The molecule has 0 saturated carbocycles. The van der Waals surface area contributed by atoms with E-state index >= 15 is 0 Å². The maximum absolute atomic E-state index is 12.0. The van der Waals surface area contributed by atoms with Gasteiger partial charge in [-0.1, -0.05) is 0 Å². The first kappa shape index (κ1) is 12.0. The Morgan fingerprint density at radius 1 is 1.59 bits per heavy atom. The zero-order chi connectivity index (χ0) is 12.5. The fourth-order valence-corrected chi connectivity index (χ4v) is 3.19.